The minimum Gasteiger partial charge on any atom is -0.308 e. The largest absolute Gasteiger partial charge is 0.308 e. The molecule has 0 N–H and O–H groups in total. The number of nitrogens with zero attached hydrogens (tertiary/aromatic N) is 1. The molecule has 0 aromatic heterocycles. The second kappa shape index (κ2) is 4.52. The lowest BCUT2D eigenvalue weighted by molar-refractivity contribution is -0.119. The van der Waals surface area contributed by atoms with Crippen LogP contribution >= 0.6 is 0 Å². The van der Waals surface area contributed by atoms with Gasteiger partial charge in [-0.2, -0.15) is 0 Å². The molecule has 2 unspecified atom stereocenters. The highest BCUT2D eigenvalue weighted by atomic mass is 16.2. The van der Waals surface area contributed by atoms with Gasteiger partial charge < -0.3 is 4.90 Å². The van der Waals surface area contributed by atoms with E-state index in [4.69, 9.17) is 0 Å². The molecule has 1 fully saturated rings. The summed E-state index contributed by atoms with van der Waals surface area (Å²) in [7, 11) is 0. The van der Waals surface area contributed by atoms with E-state index in [1.165, 1.54) is 0 Å². The lowest BCUT2D eigenvalue weighted by atomic mass is 10.2. The molecule has 0 aliphatic heterocycles. The predicted octanol–water partition coefficient (Wildman–Crippen LogP) is 2.86. The van der Waals surface area contributed by atoms with Crippen LogP contribution in [0.25, 0.3) is 0 Å². The minimum atomic E-state index is 0.222. The van der Waals surface area contributed by atoms with Gasteiger partial charge in [0.2, 0.25) is 5.91 Å². The number of benzene rings is 1. The topological polar surface area (TPSA) is 20.3 Å². The summed E-state index contributed by atoms with van der Waals surface area (Å²) < 4.78 is 0. The molecule has 2 atom stereocenters. The predicted molar refractivity (Wildman–Crippen MR) is 66.3 cm³/mol. The molecule has 1 aromatic carbocycles. The zero-order chi connectivity index (χ0) is 11.5. The van der Waals surface area contributed by atoms with Crippen molar-refractivity contribution in [2.45, 2.75) is 13.3 Å². The van der Waals surface area contributed by atoms with Gasteiger partial charge in [-0.25, -0.2) is 0 Å². The molecule has 84 valence electrons. The highest BCUT2D eigenvalue weighted by molar-refractivity contribution is 5.96. The molecule has 2 nitrogen and oxygen atoms in total. The van der Waals surface area contributed by atoms with Crippen LogP contribution < -0.4 is 4.90 Å². The molecule has 0 radical (unpaired) electrons. The first-order valence-electron chi connectivity index (χ1n) is 5.71. The monoisotopic (exact) mass is 215 g/mol. The van der Waals surface area contributed by atoms with E-state index in [1.807, 2.05) is 35.2 Å². The van der Waals surface area contributed by atoms with Crippen LogP contribution in [0.1, 0.15) is 13.3 Å². The fraction of sp³-hybridized carbons (Fsp3) is 0.357. The summed E-state index contributed by atoms with van der Waals surface area (Å²) in [5.41, 5.74) is 0.964. The number of rotatable bonds is 4. The van der Waals surface area contributed by atoms with E-state index in [0.29, 0.717) is 12.5 Å². The van der Waals surface area contributed by atoms with Crippen LogP contribution in [0.2, 0.25) is 0 Å². The van der Waals surface area contributed by atoms with Crippen LogP contribution in [0, 0.1) is 11.8 Å². The Labute approximate surface area is 96.6 Å². The summed E-state index contributed by atoms with van der Waals surface area (Å²) in [4.78, 5) is 14.0. The fourth-order valence-electron chi connectivity index (χ4n) is 1.93. The number of para-hydroxylation sites is 1. The number of hydrogen-bond donors (Lipinski definition) is 0. The van der Waals surface area contributed by atoms with Gasteiger partial charge >= 0.3 is 0 Å². The van der Waals surface area contributed by atoms with E-state index < -0.39 is 0 Å². The molecule has 1 aliphatic rings. The second-order valence-electron chi connectivity index (χ2n) is 4.39. The highest BCUT2D eigenvalue weighted by Gasteiger charge is 2.41. The van der Waals surface area contributed by atoms with E-state index in [0.717, 1.165) is 12.1 Å². The first kappa shape index (κ1) is 10.9. The molecule has 1 aromatic rings. The van der Waals surface area contributed by atoms with Gasteiger partial charge in [-0.15, -0.1) is 6.58 Å². The summed E-state index contributed by atoms with van der Waals surface area (Å²) in [6.45, 7) is 6.43. The third-order valence-corrected chi connectivity index (χ3v) is 3.07. The van der Waals surface area contributed by atoms with Crippen LogP contribution in [0.3, 0.4) is 0 Å². The van der Waals surface area contributed by atoms with Crippen LogP contribution in [-0.2, 0) is 4.79 Å². The van der Waals surface area contributed by atoms with Crippen molar-refractivity contribution < 1.29 is 4.79 Å². The average molecular weight is 215 g/mol. The van der Waals surface area contributed by atoms with E-state index in [9.17, 15) is 4.79 Å². The van der Waals surface area contributed by atoms with Gasteiger partial charge in [-0.3, -0.25) is 4.79 Å². The van der Waals surface area contributed by atoms with Crippen molar-refractivity contribution in [2.75, 3.05) is 11.4 Å². The molecule has 0 spiro atoms. The molecular formula is C14H17NO. The Hall–Kier alpha value is -1.57. The van der Waals surface area contributed by atoms with Crippen LogP contribution in [0.4, 0.5) is 5.69 Å². The molecule has 16 heavy (non-hydrogen) atoms. The third-order valence-electron chi connectivity index (χ3n) is 3.07. The van der Waals surface area contributed by atoms with Crippen molar-refractivity contribution in [1.29, 1.82) is 0 Å². The van der Waals surface area contributed by atoms with Crippen molar-refractivity contribution in [3.05, 3.63) is 43.0 Å². The smallest absolute Gasteiger partial charge is 0.230 e. The summed E-state index contributed by atoms with van der Waals surface area (Å²) >= 11 is 0. The Morgan fingerprint density at radius 1 is 1.50 bits per heavy atom. The summed E-state index contributed by atoms with van der Waals surface area (Å²) in [6, 6.07) is 9.80. The van der Waals surface area contributed by atoms with Crippen molar-refractivity contribution in [3.8, 4) is 0 Å². The minimum absolute atomic E-state index is 0.222. The summed E-state index contributed by atoms with van der Waals surface area (Å²) in [5, 5.41) is 0. The maximum Gasteiger partial charge on any atom is 0.230 e. The molecular weight excluding hydrogens is 198 g/mol. The molecule has 2 heteroatoms. The number of carbonyl (C=O) groups excluding carboxylic acids is 1. The van der Waals surface area contributed by atoms with E-state index >= 15 is 0 Å². The zero-order valence-corrected chi connectivity index (χ0v) is 9.60. The molecule has 0 bridgehead atoms. The number of amides is 1. The Bertz CT molecular complexity index is 385. The molecule has 0 heterocycles. The Morgan fingerprint density at radius 3 is 2.62 bits per heavy atom. The lowest BCUT2D eigenvalue weighted by Crippen LogP contribution is -2.32. The number of hydrogen-bond acceptors (Lipinski definition) is 1. The van der Waals surface area contributed by atoms with Gasteiger partial charge in [0.1, 0.15) is 0 Å². The van der Waals surface area contributed by atoms with Crippen molar-refractivity contribution >= 4 is 11.6 Å². The summed E-state index contributed by atoms with van der Waals surface area (Å²) in [6.07, 6.45) is 2.80. The fourth-order valence-corrected chi connectivity index (χ4v) is 1.93. The quantitative estimate of drug-likeness (QED) is 0.707. The van der Waals surface area contributed by atoms with E-state index in [-0.39, 0.29) is 11.8 Å². The Kier molecular flexibility index (Phi) is 3.09. The van der Waals surface area contributed by atoms with Gasteiger partial charge in [-0.05, 0) is 24.5 Å². The molecule has 0 saturated heterocycles. The van der Waals surface area contributed by atoms with Gasteiger partial charge in [0.15, 0.2) is 0 Å². The first-order chi connectivity index (χ1) is 7.74. The van der Waals surface area contributed by atoms with Crippen LogP contribution in [0.15, 0.2) is 43.0 Å². The van der Waals surface area contributed by atoms with Gasteiger partial charge in [0.25, 0.3) is 0 Å². The Morgan fingerprint density at radius 2 is 2.12 bits per heavy atom. The standard InChI is InChI=1S/C14H17NO/c1-3-9-15(12-7-5-4-6-8-12)14(16)13-10-11(13)2/h3-8,11,13H,1,9-10H2,2H3. The maximum atomic E-state index is 12.2. The van der Waals surface area contributed by atoms with Gasteiger partial charge in [-0.1, -0.05) is 31.2 Å². The number of anilines is 1. The van der Waals surface area contributed by atoms with E-state index in [2.05, 4.69) is 13.5 Å². The first-order valence-corrected chi connectivity index (χ1v) is 5.71. The SMILES string of the molecule is C=CCN(C(=O)C1CC1C)c1ccccc1. The van der Waals surface area contributed by atoms with Crippen LogP contribution in [0.5, 0.6) is 0 Å². The van der Waals surface area contributed by atoms with Gasteiger partial charge in [0.05, 0.1) is 0 Å². The average Bonchev–Trinajstić information content (AvgIpc) is 3.04. The molecule has 1 aliphatic carbocycles. The molecule has 1 saturated carbocycles. The van der Waals surface area contributed by atoms with Crippen LogP contribution in [-0.4, -0.2) is 12.5 Å². The van der Waals surface area contributed by atoms with Crippen molar-refractivity contribution in [3.63, 3.8) is 0 Å². The van der Waals surface area contributed by atoms with E-state index in [1.54, 1.807) is 6.08 Å². The maximum absolute atomic E-state index is 12.2. The second-order valence-corrected chi connectivity index (χ2v) is 4.39. The lowest BCUT2D eigenvalue weighted by Gasteiger charge is -2.21. The normalized spacial score (nSPS) is 22.6. The molecule has 1 amide bonds. The summed E-state index contributed by atoms with van der Waals surface area (Å²) in [5.74, 6) is 1.00. The van der Waals surface area contributed by atoms with Gasteiger partial charge in [0, 0.05) is 18.2 Å². The number of carbonyl (C=O) groups is 1. The highest BCUT2D eigenvalue weighted by Crippen LogP contribution is 2.39. The van der Waals surface area contributed by atoms with Crippen molar-refractivity contribution in [1.82, 2.24) is 0 Å². The van der Waals surface area contributed by atoms with Crippen molar-refractivity contribution in [2.24, 2.45) is 11.8 Å². The zero-order valence-electron chi connectivity index (χ0n) is 9.60. The third kappa shape index (κ3) is 2.16. The Balaban J connectivity index is 2.17. The molecule has 2 rings (SSSR count).